The number of alkyl halides is 3. The van der Waals surface area contributed by atoms with Gasteiger partial charge in [0, 0.05) is 24.1 Å². The van der Waals surface area contributed by atoms with E-state index in [1.807, 2.05) is 0 Å². The Labute approximate surface area is 164 Å². The zero-order valence-corrected chi connectivity index (χ0v) is 15.5. The molecule has 1 aliphatic rings. The van der Waals surface area contributed by atoms with Crippen LogP contribution >= 0.6 is 24.0 Å². The van der Waals surface area contributed by atoms with E-state index in [2.05, 4.69) is 0 Å². The number of fused-ring (bicyclic) bond motifs is 1. The van der Waals surface area contributed by atoms with E-state index in [1.165, 1.54) is 29.4 Å². The Morgan fingerprint density at radius 1 is 1.37 bits per heavy atom. The summed E-state index contributed by atoms with van der Waals surface area (Å²) in [7, 11) is 0. The van der Waals surface area contributed by atoms with Gasteiger partial charge in [0.05, 0.1) is 24.4 Å². The third-order valence-corrected chi connectivity index (χ3v) is 4.39. The van der Waals surface area contributed by atoms with Crippen LogP contribution in [0.25, 0.3) is 0 Å². The van der Waals surface area contributed by atoms with Crippen molar-refractivity contribution in [2.75, 3.05) is 13.1 Å². The van der Waals surface area contributed by atoms with Crippen LogP contribution in [0, 0.1) is 0 Å². The van der Waals surface area contributed by atoms with Crippen molar-refractivity contribution < 1.29 is 27.1 Å². The largest absolute Gasteiger partial charge is 0.484 e. The molecule has 0 spiro atoms. The second-order valence-corrected chi connectivity index (χ2v) is 6.44. The fourth-order valence-electron chi connectivity index (χ4n) is 2.92. The summed E-state index contributed by atoms with van der Waals surface area (Å²) < 4.78 is 49.4. The minimum atomic E-state index is -4.29. The Balaban J connectivity index is 0.00000261. The number of amides is 1. The van der Waals surface area contributed by atoms with Crippen molar-refractivity contribution in [3.63, 3.8) is 0 Å². The molecule has 0 bridgehead atoms. The Bertz CT molecular complexity index is 811. The Morgan fingerprint density at radius 2 is 2.11 bits per heavy atom. The molecule has 1 aliphatic heterocycles. The molecule has 27 heavy (non-hydrogen) atoms. The first kappa shape index (κ1) is 21.4. The number of hydrogen-bond acceptors (Lipinski definition) is 4. The van der Waals surface area contributed by atoms with Gasteiger partial charge < -0.3 is 14.9 Å². The normalized spacial score (nSPS) is 17.6. The lowest BCUT2D eigenvalue weighted by Crippen LogP contribution is -2.34. The molecule has 2 N–H and O–H groups in total. The summed E-state index contributed by atoms with van der Waals surface area (Å²) in [6.45, 7) is -0.782. The molecule has 1 aromatic heterocycles. The Morgan fingerprint density at radius 3 is 2.74 bits per heavy atom. The standard InChI is InChI=1S/C17H16ClF3N2O3.ClH/c18-12-7-10(16(22)24)1-2-14(12)26-13-3-5-23(9-17(19,20)21)8-15-11(13)4-6-25-15;/h1-2,4,6-7,13H,3,5,8-9H2,(H2,22,24);1H. The maximum absolute atomic E-state index is 12.7. The molecule has 1 aromatic carbocycles. The van der Waals surface area contributed by atoms with Gasteiger partial charge >= 0.3 is 6.18 Å². The monoisotopic (exact) mass is 424 g/mol. The number of halogens is 5. The van der Waals surface area contributed by atoms with Crippen LogP contribution in [-0.2, 0) is 6.54 Å². The van der Waals surface area contributed by atoms with Crippen LogP contribution in [0.4, 0.5) is 13.2 Å². The van der Waals surface area contributed by atoms with Crippen molar-refractivity contribution in [2.45, 2.75) is 25.2 Å². The van der Waals surface area contributed by atoms with Crippen LogP contribution in [0.3, 0.4) is 0 Å². The van der Waals surface area contributed by atoms with E-state index < -0.39 is 24.7 Å². The van der Waals surface area contributed by atoms with Gasteiger partial charge in [-0.25, -0.2) is 0 Å². The molecular weight excluding hydrogens is 408 g/mol. The molecule has 0 saturated carbocycles. The number of benzene rings is 1. The van der Waals surface area contributed by atoms with Gasteiger partial charge in [-0.3, -0.25) is 9.69 Å². The first-order chi connectivity index (χ1) is 12.2. The van der Waals surface area contributed by atoms with Crippen LogP contribution in [0.5, 0.6) is 5.75 Å². The topological polar surface area (TPSA) is 68.7 Å². The number of hydrogen-bond donors (Lipinski definition) is 1. The van der Waals surface area contributed by atoms with Crippen molar-refractivity contribution in [3.8, 4) is 5.75 Å². The minimum Gasteiger partial charge on any atom is -0.484 e. The summed E-state index contributed by atoms with van der Waals surface area (Å²) in [6, 6.07) is 6.07. The Hall–Kier alpha value is -1.90. The molecule has 0 fully saturated rings. The van der Waals surface area contributed by atoms with E-state index in [1.54, 1.807) is 6.07 Å². The van der Waals surface area contributed by atoms with Crippen molar-refractivity contribution >= 4 is 29.9 Å². The summed E-state index contributed by atoms with van der Waals surface area (Å²) in [4.78, 5) is 12.5. The van der Waals surface area contributed by atoms with Gasteiger partial charge in [-0.2, -0.15) is 13.2 Å². The molecule has 1 amide bonds. The predicted octanol–water partition coefficient (Wildman–Crippen LogP) is 4.34. The molecule has 2 aromatic rings. The number of rotatable bonds is 4. The second kappa shape index (κ2) is 8.41. The Kier molecular flexibility index (Phi) is 6.67. The van der Waals surface area contributed by atoms with Gasteiger partial charge in [-0.15, -0.1) is 12.4 Å². The first-order valence-electron chi connectivity index (χ1n) is 7.84. The predicted molar refractivity (Wildman–Crippen MR) is 95.2 cm³/mol. The van der Waals surface area contributed by atoms with Gasteiger partial charge in [0.2, 0.25) is 5.91 Å². The highest BCUT2D eigenvalue weighted by Gasteiger charge is 2.34. The van der Waals surface area contributed by atoms with Crippen LogP contribution in [0.15, 0.2) is 34.9 Å². The number of nitrogens with two attached hydrogens (primary N) is 1. The maximum Gasteiger partial charge on any atom is 0.401 e. The van der Waals surface area contributed by atoms with Crippen molar-refractivity contribution in [2.24, 2.45) is 5.73 Å². The van der Waals surface area contributed by atoms with E-state index in [4.69, 9.17) is 26.5 Å². The summed E-state index contributed by atoms with van der Waals surface area (Å²) in [5, 5.41) is 0.197. The molecular formula is C17H17Cl2F3N2O3. The van der Waals surface area contributed by atoms with E-state index in [0.717, 1.165) is 0 Å². The lowest BCUT2D eigenvalue weighted by Gasteiger charge is -2.22. The average molecular weight is 425 g/mol. The number of nitrogens with zero attached hydrogens (tertiary/aromatic N) is 1. The summed E-state index contributed by atoms with van der Waals surface area (Å²) in [6.07, 6.45) is -3.05. The van der Waals surface area contributed by atoms with Crippen LogP contribution < -0.4 is 10.5 Å². The number of carbonyl (C=O) groups excluding carboxylic acids is 1. The van der Waals surface area contributed by atoms with Crippen molar-refractivity contribution in [3.05, 3.63) is 52.4 Å². The highest BCUT2D eigenvalue weighted by Crippen LogP contribution is 2.35. The first-order valence-corrected chi connectivity index (χ1v) is 8.22. The van der Waals surface area contributed by atoms with E-state index in [0.29, 0.717) is 23.5 Å². The van der Waals surface area contributed by atoms with Gasteiger partial charge in [-0.05, 0) is 24.3 Å². The molecule has 0 aliphatic carbocycles. The smallest absolute Gasteiger partial charge is 0.401 e. The van der Waals surface area contributed by atoms with Crippen LogP contribution in [-0.4, -0.2) is 30.1 Å². The number of ether oxygens (including phenoxy) is 1. The van der Waals surface area contributed by atoms with Crippen molar-refractivity contribution in [1.82, 2.24) is 4.90 Å². The molecule has 10 heteroatoms. The molecule has 1 unspecified atom stereocenters. The van der Waals surface area contributed by atoms with E-state index in [-0.39, 0.29) is 36.1 Å². The summed E-state index contributed by atoms with van der Waals surface area (Å²) >= 11 is 6.13. The maximum atomic E-state index is 12.7. The zero-order valence-electron chi connectivity index (χ0n) is 14.0. The molecule has 0 radical (unpaired) electrons. The minimum absolute atomic E-state index is 0. The van der Waals surface area contributed by atoms with E-state index in [9.17, 15) is 18.0 Å². The van der Waals surface area contributed by atoms with Crippen LogP contribution in [0.1, 0.15) is 34.2 Å². The molecule has 3 rings (SSSR count). The second-order valence-electron chi connectivity index (χ2n) is 6.03. The molecule has 1 atom stereocenters. The van der Waals surface area contributed by atoms with Crippen molar-refractivity contribution in [1.29, 1.82) is 0 Å². The fraction of sp³-hybridized carbons (Fsp3) is 0.353. The van der Waals surface area contributed by atoms with Crippen LogP contribution in [0.2, 0.25) is 5.02 Å². The number of primary amides is 1. The summed E-state index contributed by atoms with van der Waals surface area (Å²) in [5.74, 6) is 0.132. The molecule has 2 heterocycles. The quantitative estimate of drug-likeness (QED) is 0.792. The third kappa shape index (κ3) is 5.31. The highest BCUT2D eigenvalue weighted by molar-refractivity contribution is 6.32. The SMILES string of the molecule is Cl.NC(=O)c1ccc(OC2CCN(CC(F)(F)F)Cc3occc32)c(Cl)c1. The molecule has 148 valence electrons. The van der Waals surface area contributed by atoms with Gasteiger partial charge in [0.1, 0.15) is 17.6 Å². The number of furan rings is 1. The summed E-state index contributed by atoms with van der Waals surface area (Å²) in [5.41, 5.74) is 6.13. The highest BCUT2D eigenvalue weighted by atomic mass is 35.5. The zero-order chi connectivity index (χ0) is 18.9. The molecule has 0 saturated heterocycles. The number of carbonyl (C=O) groups is 1. The van der Waals surface area contributed by atoms with E-state index >= 15 is 0 Å². The lowest BCUT2D eigenvalue weighted by atomic mass is 10.1. The third-order valence-electron chi connectivity index (χ3n) is 4.09. The fourth-order valence-corrected chi connectivity index (χ4v) is 3.14. The van der Waals surface area contributed by atoms with Gasteiger partial charge in [-0.1, -0.05) is 11.6 Å². The average Bonchev–Trinajstić information content (AvgIpc) is 2.93. The van der Waals surface area contributed by atoms with Gasteiger partial charge in [0.25, 0.3) is 0 Å². The lowest BCUT2D eigenvalue weighted by molar-refractivity contribution is -0.147. The van der Waals surface area contributed by atoms with Gasteiger partial charge in [0.15, 0.2) is 0 Å². The molecule has 5 nitrogen and oxygen atoms in total.